The van der Waals surface area contributed by atoms with Crippen LogP contribution in [0.4, 0.5) is 0 Å². The van der Waals surface area contributed by atoms with Crippen molar-refractivity contribution in [3.8, 4) is 5.75 Å². The fraction of sp³-hybridized carbons (Fsp3) is 0.600. The highest BCUT2D eigenvalue weighted by Gasteiger charge is 2.34. The van der Waals surface area contributed by atoms with Crippen LogP contribution < -0.4 is 5.32 Å². The van der Waals surface area contributed by atoms with Crippen LogP contribution in [0.2, 0.25) is 0 Å². The van der Waals surface area contributed by atoms with Crippen molar-refractivity contribution in [2.24, 2.45) is 5.92 Å². The molecular weight excluding hydrogens is 210 g/mol. The number of nitrogens with one attached hydrogen (secondary N) is 1. The summed E-state index contributed by atoms with van der Waals surface area (Å²) in [6.45, 7) is 5.65. The van der Waals surface area contributed by atoms with Gasteiger partial charge in [-0.3, -0.25) is 0 Å². The monoisotopic (exact) mass is 233 g/mol. The van der Waals surface area contributed by atoms with Crippen LogP contribution in [0.25, 0.3) is 0 Å². The lowest BCUT2D eigenvalue weighted by molar-refractivity contribution is 0.298. The fourth-order valence-corrected chi connectivity index (χ4v) is 3.07. The Hall–Kier alpha value is -1.02. The molecule has 0 aliphatic carbocycles. The Labute approximate surface area is 104 Å². The molecule has 1 aliphatic rings. The molecule has 2 nitrogen and oxygen atoms in total. The third-order valence-electron chi connectivity index (χ3n) is 3.65. The van der Waals surface area contributed by atoms with E-state index in [1.807, 2.05) is 18.2 Å². The van der Waals surface area contributed by atoms with Crippen molar-refractivity contribution >= 4 is 0 Å². The Morgan fingerprint density at radius 3 is 2.71 bits per heavy atom. The Morgan fingerprint density at radius 1 is 1.35 bits per heavy atom. The highest BCUT2D eigenvalue weighted by molar-refractivity contribution is 5.33. The molecule has 17 heavy (non-hydrogen) atoms. The SMILES string of the molecule is CC(C)CC1(Cc2ccccc2O)CCCN1. The number of hydrogen-bond donors (Lipinski definition) is 2. The summed E-state index contributed by atoms with van der Waals surface area (Å²) in [5.41, 5.74) is 1.27. The van der Waals surface area contributed by atoms with Crippen molar-refractivity contribution in [1.82, 2.24) is 5.32 Å². The Kier molecular flexibility index (Phi) is 3.72. The molecule has 0 aromatic heterocycles. The highest BCUT2D eigenvalue weighted by Crippen LogP contribution is 2.32. The normalized spacial score (nSPS) is 24.4. The minimum absolute atomic E-state index is 0.201. The molecule has 1 aromatic carbocycles. The van der Waals surface area contributed by atoms with E-state index in [1.54, 1.807) is 6.07 Å². The zero-order valence-corrected chi connectivity index (χ0v) is 10.9. The Balaban J connectivity index is 2.15. The largest absolute Gasteiger partial charge is 0.508 e. The van der Waals surface area contributed by atoms with Gasteiger partial charge in [-0.25, -0.2) is 0 Å². The first-order valence-corrected chi connectivity index (χ1v) is 6.63. The molecule has 0 spiro atoms. The minimum atomic E-state index is 0.201. The number of phenolic OH excluding ortho intramolecular Hbond substituents is 1. The van der Waals surface area contributed by atoms with Gasteiger partial charge in [-0.05, 0) is 49.8 Å². The third-order valence-corrected chi connectivity index (χ3v) is 3.65. The van der Waals surface area contributed by atoms with Gasteiger partial charge in [-0.15, -0.1) is 0 Å². The van der Waals surface area contributed by atoms with Crippen LogP contribution in [-0.2, 0) is 6.42 Å². The Bertz CT molecular complexity index is 367. The Morgan fingerprint density at radius 2 is 2.12 bits per heavy atom. The van der Waals surface area contributed by atoms with Gasteiger partial charge < -0.3 is 10.4 Å². The summed E-state index contributed by atoms with van der Waals surface area (Å²) in [7, 11) is 0. The quantitative estimate of drug-likeness (QED) is 0.837. The number of hydrogen-bond acceptors (Lipinski definition) is 2. The summed E-state index contributed by atoms with van der Waals surface area (Å²) >= 11 is 0. The summed E-state index contributed by atoms with van der Waals surface area (Å²) in [4.78, 5) is 0. The summed E-state index contributed by atoms with van der Waals surface area (Å²) in [5, 5.41) is 13.6. The van der Waals surface area contributed by atoms with Crippen molar-refractivity contribution in [1.29, 1.82) is 0 Å². The van der Waals surface area contributed by atoms with Crippen LogP contribution in [0.3, 0.4) is 0 Å². The van der Waals surface area contributed by atoms with E-state index in [-0.39, 0.29) is 5.54 Å². The summed E-state index contributed by atoms with van der Waals surface area (Å²) in [6.07, 6.45) is 4.60. The smallest absolute Gasteiger partial charge is 0.118 e. The van der Waals surface area contributed by atoms with Gasteiger partial charge in [-0.1, -0.05) is 32.0 Å². The van der Waals surface area contributed by atoms with Crippen molar-refractivity contribution in [3.63, 3.8) is 0 Å². The number of benzene rings is 1. The number of aromatic hydroxyl groups is 1. The first kappa shape index (κ1) is 12.4. The molecule has 2 rings (SSSR count). The minimum Gasteiger partial charge on any atom is -0.508 e. The van der Waals surface area contributed by atoms with Crippen molar-refractivity contribution < 1.29 is 5.11 Å². The number of phenols is 1. The van der Waals surface area contributed by atoms with E-state index in [0.717, 1.165) is 18.5 Å². The first-order valence-electron chi connectivity index (χ1n) is 6.63. The molecule has 1 atom stereocenters. The maximum Gasteiger partial charge on any atom is 0.118 e. The van der Waals surface area contributed by atoms with E-state index in [2.05, 4.69) is 19.2 Å². The van der Waals surface area contributed by atoms with Crippen molar-refractivity contribution in [2.45, 2.75) is 45.1 Å². The van der Waals surface area contributed by atoms with Gasteiger partial charge in [0.15, 0.2) is 0 Å². The second kappa shape index (κ2) is 5.09. The predicted octanol–water partition coefficient (Wildman–Crippen LogP) is 3.10. The van der Waals surface area contributed by atoms with Gasteiger partial charge in [0, 0.05) is 5.54 Å². The summed E-state index contributed by atoms with van der Waals surface area (Å²) in [6, 6.07) is 7.72. The zero-order chi connectivity index (χ0) is 12.3. The lowest BCUT2D eigenvalue weighted by Gasteiger charge is -2.32. The lowest BCUT2D eigenvalue weighted by Crippen LogP contribution is -2.43. The molecule has 2 heteroatoms. The van der Waals surface area contributed by atoms with Crippen molar-refractivity contribution in [2.75, 3.05) is 6.54 Å². The molecule has 1 saturated heterocycles. The zero-order valence-electron chi connectivity index (χ0n) is 10.9. The lowest BCUT2D eigenvalue weighted by atomic mass is 9.82. The van der Waals surface area contributed by atoms with Crippen LogP contribution in [0.15, 0.2) is 24.3 Å². The van der Waals surface area contributed by atoms with Crippen LogP contribution >= 0.6 is 0 Å². The maximum absolute atomic E-state index is 9.89. The predicted molar refractivity (Wildman–Crippen MR) is 71.2 cm³/mol. The highest BCUT2D eigenvalue weighted by atomic mass is 16.3. The van der Waals surface area contributed by atoms with E-state index in [0.29, 0.717) is 11.7 Å². The third kappa shape index (κ3) is 3.01. The van der Waals surface area contributed by atoms with E-state index >= 15 is 0 Å². The summed E-state index contributed by atoms with van der Waals surface area (Å²) < 4.78 is 0. The van der Waals surface area contributed by atoms with E-state index in [1.165, 1.54) is 19.3 Å². The molecule has 2 N–H and O–H groups in total. The van der Waals surface area contributed by atoms with Crippen molar-refractivity contribution in [3.05, 3.63) is 29.8 Å². The molecule has 0 radical (unpaired) electrons. The van der Waals surface area contributed by atoms with Gasteiger partial charge in [0.2, 0.25) is 0 Å². The summed E-state index contributed by atoms with van der Waals surface area (Å²) in [5.74, 6) is 1.12. The first-order chi connectivity index (χ1) is 8.11. The topological polar surface area (TPSA) is 32.3 Å². The molecule has 1 aromatic rings. The molecule has 0 amide bonds. The van der Waals surface area contributed by atoms with Gasteiger partial charge >= 0.3 is 0 Å². The van der Waals surface area contributed by atoms with E-state index in [9.17, 15) is 5.11 Å². The molecule has 1 heterocycles. The fourth-order valence-electron chi connectivity index (χ4n) is 3.07. The molecule has 1 unspecified atom stereocenters. The standard InChI is InChI=1S/C15H23NO/c1-12(2)10-15(8-5-9-16-15)11-13-6-3-4-7-14(13)17/h3-4,6-7,12,16-17H,5,8-11H2,1-2H3. The molecular formula is C15H23NO. The number of para-hydroxylation sites is 1. The van der Waals surface area contributed by atoms with E-state index in [4.69, 9.17) is 0 Å². The molecule has 94 valence electrons. The van der Waals surface area contributed by atoms with Crippen LogP contribution in [0.5, 0.6) is 5.75 Å². The number of rotatable bonds is 4. The second-order valence-corrected chi connectivity index (χ2v) is 5.71. The van der Waals surface area contributed by atoms with Gasteiger partial charge in [0.05, 0.1) is 0 Å². The second-order valence-electron chi connectivity index (χ2n) is 5.71. The van der Waals surface area contributed by atoms with Gasteiger partial charge in [0.1, 0.15) is 5.75 Å². The van der Waals surface area contributed by atoms with Gasteiger partial charge in [0.25, 0.3) is 0 Å². The molecule has 1 aliphatic heterocycles. The average Bonchev–Trinajstić information content (AvgIpc) is 2.69. The van der Waals surface area contributed by atoms with Gasteiger partial charge in [-0.2, -0.15) is 0 Å². The molecule has 0 saturated carbocycles. The van der Waals surface area contributed by atoms with Crippen LogP contribution in [0, 0.1) is 5.92 Å². The molecule has 0 bridgehead atoms. The van der Waals surface area contributed by atoms with Crippen LogP contribution in [-0.4, -0.2) is 17.2 Å². The maximum atomic E-state index is 9.89. The van der Waals surface area contributed by atoms with E-state index < -0.39 is 0 Å². The van der Waals surface area contributed by atoms with Crippen LogP contribution in [0.1, 0.15) is 38.7 Å². The molecule has 1 fully saturated rings. The average molecular weight is 233 g/mol.